The number of aromatic nitrogens is 3. The number of aryl methyl sites for hydroxylation is 2. The van der Waals surface area contributed by atoms with Gasteiger partial charge in [0.05, 0.1) is 36.3 Å². The Bertz CT molecular complexity index is 750. The van der Waals surface area contributed by atoms with Gasteiger partial charge in [0.15, 0.2) is 0 Å². The number of imidazole rings is 1. The van der Waals surface area contributed by atoms with Crippen LogP contribution >= 0.6 is 0 Å². The number of hydrogen-bond acceptors (Lipinski definition) is 6. The summed E-state index contributed by atoms with van der Waals surface area (Å²) in [5.74, 6) is 0.609. The molecule has 1 N–H and O–H groups in total. The first-order valence-corrected chi connectivity index (χ1v) is 7.99. The normalized spacial score (nSPS) is 21.4. The maximum atomic E-state index is 9.34. The van der Waals surface area contributed by atoms with Crippen LogP contribution in [-0.2, 0) is 11.8 Å². The number of hydrogen-bond donors (Lipinski definition) is 1. The molecule has 1 aliphatic heterocycles. The number of pyridine rings is 1. The van der Waals surface area contributed by atoms with Crippen molar-refractivity contribution in [2.24, 2.45) is 7.05 Å². The minimum absolute atomic E-state index is 0.0481. The van der Waals surface area contributed by atoms with E-state index < -0.39 is 0 Å². The maximum Gasteiger partial charge on any atom is 0.144 e. The molecule has 7 heteroatoms. The van der Waals surface area contributed by atoms with Crippen LogP contribution in [0.2, 0.25) is 0 Å². The minimum Gasteiger partial charge on any atom is -0.373 e. The molecule has 24 heavy (non-hydrogen) atoms. The van der Waals surface area contributed by atoms with Crippen molar-refractivity contribution in [3.63, 3.8) is 0 Å². The standard InChI is InChI=1S/C17H22N6O/c1-12-4-5-20-17(13(12)8-18)21-10-15-16(22(2)6-7-24-15)14-9-19-11-23(14)3/h4-5,9,11,15-16H,6-7,10H2,1-3H3,(H,20,21)/t15-,16-/m0/s1. The Morgan fingerprint density at radius 3 is 3.00 bits per heavy atom. The summed E-state index contributed by atoms with van der Waals surface area (Å²) in [5.41, 5.74) is 2.61. The van der Waals surface area contributed by atoms with Gasteiger partial charge in [-0.05, 0) is 25.6 Å². The van der Waals surface area contributed by atoms with Crippen LogP contribution in [-0.4, -0.2) is 52.3 Å². The largest absolute Gasteiger partial charge is 0.373 e. The molecule has 0 bridgehead atoms. The first-order valence-electron chi connectivity index (χ1n) is 7.99. The summed E-state index contributed by atoms with van der Waals surface area (Å²) in [5, 5.41) is 12.6. The van der Waals surface area contributed by atoms with Gasteiger partial charge in [0, 0.05) is 32.5 Å². The van der Waals surface area contributed by atoms with Gasteiger partial charge in [-0.2, -0.15) is 5.26 Å². The third-order valence-corrected chi connectivity index (χ3v) is 4.50. The first-order chi connectivity index (χ1) is 11.6. The van der Waals surface area contributed by atoms with E-state index in [2.05, 4.69) is 33.3 Å². The van der Waals surface area contributed by atoms with E-state index in [0.29, 0.717) is 24.5 Å². The van der Waals surface area contributed by atoms with Gasteiger partial charge in [-0.3, -0.25) is 4.90 Å². The van der Waals surface area contributed by atoms with Crippen LogP contribution < -0.4 is 5.32 Å². The van der Waals surface area contributed by atoms with Crippen molar-refractivity contribution >= 4 is 5.82 Å². The van der Waals surface area contributed by atoms with Crippen molar-refractivity contribution in [1.82, 2.24) is 19.4 Å². The Labute approximate surface area is 141 Å². The van der Waals surface area contributed by atoms with Gasteiger partial charge < -0.3 is 14.6 Å². The molecule has 0 saturated carbocycles. The highest BCUT2D eigenvalue weighted by atomic mass is 16.5. The average molecular weight is 326 g/mol. The second-order valence-corrected chi connectivity index (χ2v) is 6.11. The topological polar surface area (TPSA) is 79.0 Å². The predicted octanol–water partition coefficient (Wildman–Crippen LogP) is 1.48. The Balaban J connectivity index is 1.79. The number of anilines is 1. The third kappa shape index (κ3) is 3.11. The highest BCUT2D eigenvalue weighted by Gasteiger charge is 2.33. The van der Waals surface area contributed by atoms with Crippen molar-refractivity contribution in [1.29, 1.82) is 5.26 Å². The van der Waals surface area contributed by atoms with Crippen LogP contribution in [0.25, 0.3) is 0 Å². The van der Waals surface area contributed by atoms with Gasteiger partial charge in [-0.15, -0.1) is 0 Å². The van der Waals surface area contributed by atoms with E-state index in [4.69, 9.17) is 4.74 Å². The molecule has 0 spiro atoms. The minimum atomic E-state index is -0.0481. The van der Waals surface area contributed by atoms with Gasteiger partial charge in [0.25, 0.3) is 0 Å². The number of ether oxygens (including phenoxy) is 1. The summed E-state index contributed by atoms with van der Waals surface area (Å²) < 4.78 is 8.03. The first kappa shape index (κ1) is 16.4. The number of nitriles is 1. The molecule has 2 aromatic heterocycles. The zero-order chi connectivity index (χ0) is 17.1. The lowest BCUT2D eigenvalue weighted by Gasteiger charge is -2.39. The van der Waals surface area contributed by atoms with E-state index in [1.54, 1.807) is 12.5 Å². The van der Waals surface area contributed by atoms with E-state index >= 15 is 0 Å². The van der Waals surface area contributed by atoms with Gasteiger partial charge >= 0.3 is 0 Å². The van der Waals surface area contributed by atoms with E-state index in [1.807, 2.05) is 30.8 Å². The molecule has 0 aromatic carbocycles. The van der Waals surface area contributed by atoms with Crippen molar-refractivity contribution < 1.29 is 4.74 Å². The predicted molar refractivity (Wildman–Crippen MR) is 90.5 cm³/mol. The van der Waals surface area contributed by atoms with Crippen LogP contribution in [0.15, 0.2) is 24.8 Å². The quantitative estimate of drug-likeness (QED) is 0.917. The number of nitrogens with zero attached hydrogens (tertiary/aromatic N) is 5. The summed E-state index contributed by atoms with van der Waals surface area (Å²) in [6, 6.07) is 4.16. The SMILES string of the molecule is Cc1ccnc(NC[C@@H]2OCCN(C)[C@H]2c2cncn2C)c1C#N. The molecule has 7 nitrogen and oxygen atoms in total. The summed E-state index contributed by atoms with van der Waals surface area (Å²) in [6.07, 6.45) is 5.35. The molecule has 0 radical (unpaired) electrons. The van der Waals surface area contributed by atoms with Gasteiger partial charge in [-0.25, -0.2) is 9.97 Å². The van der Waals surface area contributed by atoms with E-state index in [0.717, 1.165) is 17.8 Å². The van der Waals surface area contributed by atoms with Gasteiger partial charge in [0.2, 0.25) is 0 Å². The molecular weight excluding hydrogens is 304 g/mol. The Morgan fingerprint density at radius 1 is 1.46 bits per heavy atom. The summed E-state index contributed by atoms with van der Waals surface area (Å²) in [4.78, 5) is 10.8. The van der Waals surface area contributed by atoms with Gasteiger partial charge in [0.1, 0.15) is 11.9 Å². The van der Waals surface area contributed by atoms with E-state index in [1.165, 1.54) is 0 Å². The van der Waals surface area contributed by atoms with Crippen LogP contribution in [0.4, 0.5) is 5.82 Å². The van der Waals surface area contributed by atoms with Crippen LogP contribution in [0.3, 0.4) is 0 Å². The van der Waals surface area contributed by atoms with Crippen molar-refractivity contribution in [3.05, 3.63) is 41.6 Å². The Morgan fingerprint density at radius 2 is 2.29 bits per heavy atom. The number of rotatable bonds is 4. The second-order valence-electron chi connectivity index (χ2n) is 6.11. The molecule has 126 valence electrons. The van der Waals surface area contributed by atoms with Crippen molar-refractivity contribution in [3.8, 4) is 6.07 Å². The summed E-state index contributed by atoms with van der Waals surface area (Å²) in [7, 11) is 4.09. The van der Waals surface area contributed by atoms with Crippen molar-refractivity contribution in [2.75, 3.05) is 32.1 Å². The molecular formula is C17H22N6O. The fourth-order valence-corrected chi connectivity index (χ4v) is 3.13. The second kappa shape index (κ2) is 6.99. The maximum absolute atomic E-state index is 9.34. The smallest absolute Gasteiger partial charge is 0.144 e. The van der Waals surface area contributed by atoms with Crippen LogP contribution in [0.5, 0.6) is 0 Å². The fourth-order valence-electron chi connectivity index (χ4n) is 3.13. The van der Waals surface area contributed by atoms with E-state index in [9.17, 15) is 5.26 Å². The molecule has 0 unspecified atom stereocenters. The van der Waals surface area contributed by atoms with Crippen molar-refractivity contribution in [2.45, 2.75) is 19.1 Å². The van der Waals surface area contributed by atoms with E-state index in [-0.39, 0.29) is 12.1 Å². The van der Waals surface area contributed by atoms with Crippen LogP contribution in [0.1, 0.15) is 22.9 Å². The average Bonchev–Trinajstić information content (AvgIpc) is 2.98. The molecule has 0 amide bonds. The third-order valence-electron chi connectivity index (χ3n) is 4.50. The number of likely N-dealkylation sites (N-methyl/N-ethyl adjacent to an activating group) is 1. The lowest BCUT2D eigenvalue weighted by molar-refractivity contribution is -0.0578. The Hall–Kier alpha value is -2.43. The molecule has 1 saturated heterocycles. The molecule has 3 rings (SSSR count). The molecule has 2 aromatic rings. The summed E-state index contributed by atoms with van der Waals surface area (Å²) in [6.45, 7) is 4.04. The molecule has 0 aliphatic carbocycles. The zero-order valence-electron chi connectivity index (χ0n) is 14.2. The number of nitrogens with one attached hydrogen (secondary N) is 1. The summed E-state index contributed by atoms with van der Waals surface area (Å²) >= 11 is 0. The highest BCUT2D eigenvalue weighted by Crippen LogP contribution is 2.28. The lowest BCUT2D eigenvalue weighted by Crippen LogP contribution is -2.46. The highest BCUT2D eigenvalue weighted by molar-refractivity contribution is 5.55. The zero-order valence-corrected chi connectivity index (χ0v) is 14.2. The lowest BCUT2D eigenvalue weighted by atomic mass is 10.0. The fraction of sp³-hybridized carbons (Fsp3) is 0.471. The molecule has 1 aliphatic rings. The van der Waals surface area contributed by atoms with Crippen LogP contribution in [0, 0.1) is 18.3 Å². The Kier molecular flexibility index (Phi) is 4.79. The monoisotopic (exact) mass is 326 g/mol. The molecule has 2 atom stereocenters. The number of morpholine rings is 1. The van der Waals surface area contributed by atoms with Gasteiger partial charge in [-0.1, -0.05) is 0 Å². The molecule has 1 fully saturated rings. The molecule has 3 heterocycles.